The maximum atomic E-state index is 12.5. The summed E-state index contributed by atoms with van der Waals surface area (Å²) in [5, 5.41) is 9.01. The van der Waals surface area contributed by atoms with Crippen LogP contribution in [0.1, 0.15) is 62.4 Å². The molecule has 0 amide bonds. The first kappa shape index (κ1) is 20.8. The van der Waals surface area contributed by atoms with Gasteiger partial charge in [-0.15, -0.1) is 0 Å². The van der Waals surface area contributed by atoms with E-state index in [9.17, 15) is 9.18 Å². The number of carboxylic acid groups (broad SMARTS) is 1. The second kappa shape index (κ2) is 11.3. The Balaban J connectivity index is 1.73. The van der Waals surface area contributed by atoms with E-state index >= 15 is 0 Å². The van der Waals surface area contributed by atoms with Crippen LogP contribution in [-0.2, 0) is 24.1 Å². The Morgan fingerprint density at radius 2 is 1.96 bits per heavy atom. The molecule has 0 aromatic carbocycles. The Morgan fingerprint density at radius 1 is 1.19 bits per heavy atom. The van der Waals surface area contributed by atoms with E-state index in [4.69, 9.17) is 10.1 Å². The van der Waals surface area contributed by atoms with Crippen molar-refractivity contribution < 1.29 is 14.3 Å². The van der Waals surface area contributed by atoms with Crippen molar-refractivity contribution in [3.63, 3.8) is 0 Å². The normalized spacial score (nSPS) is 15.0. The number of hydrogen-bond donors (Lipinski definition) is 1. The molecule has 4 nitrogen and oxygen atoms in total. The molecule has 0 fully saturated rings. The van der Waals surface area contributed by atoms with E-state index < -0.39 is 5.97 Å². The predicted molar refractivity (Wildman–Crippen MR) is 102 cm³/mol. The summed E-state index contributed by atoms with van der Waals surface area (Å²) in [6.07, 6.45) is 9.03. The van der Waals surface area contributed by atoms with Crippen molar-refractivity contribution in [1.82, 2.24) is 9.88 Å². The van der Waals surface area contributed by atoms with Crippen molar-refractivity contribution >= 4 is 5.97 Å². The molecule has 5 heteroatoms. The number of rotatable bonds is 12. The third-order valence-corrected chi connectivity index (χ3v) is 5.30. The summed E-state index contributed by atoms with van der Waals surface area (Å²) in [6.45, 7) is 3.75. The van der Waals surface area contributed by atoms with Crippen LogP contribution < -0.4 is 0 Å². The molecule has 1 N–H and O–H groups in total. The van der Waals surface area contributed by atoms with Gasteiger partial charge < -0.3 is 10.0 Å². The Labute approximate surface area is 156 Å². The van der Waals surface area contributed by atoms with Gasteiger partial charge in [-0.1, -0.05) is 13.0 Å². The molecule has 0 unspecified atom stereocenters. The van der Waals surface area contributed by atoms with E-state index in [1.54, 1.807) is 6.92 Å². The summed E-state index contributed by atoms with van der Waals surface area (Å²) in [5.41, 5.74) is 3.89. The number of nitrogens with zero attached hydrogens (tertiary/aromatic N) is 2. The molecule has 1 aliphatic rings. The highest BCUT2D eigenvalue weighted by Crippen LogP contribution is 2.20. The molecule has 0 bridgehead atoms. The van der Waals surface area contributed by atoms with Crippen molar-refractivity contribution in [3.05, 3.63) is 29.1 Å². The van der Waals surface area contributed by atoms with Gasteiger partial charge in [0.15, 0.2) is 0 Å². The van der Waals surface area contributed by atoms with Crippen molar-refractivity contribution in [3.8, 4) is 0 Å². The van der Waals surface area contributed by atoms with Crippen LogP contribution in [0.15, 0.2) is 12.1 Å². The summed E-state index contributed by atoms with van der Waals surface area (Å²) in [7, 11) is 0. The number of aliphatic carboxylic acids is 1. The number of carboxylic acids is 1. The summed E-state index contributed by atoms with van der Waals surface area (Å²) >= 11 is 0. The molecule has 2 rings (SSSR count). The molecule has 0 saturated heterocycles. The van der Waals surface area contributed by atoms with Crippen LogP contribution >= 0.6 is 0 Å². The zero-order chi connectivity index (χ0) is 18.8. The maximum absolute atomic E-state index is 12.5. The van der Waals surface area contributed by atoms with Crippen LogP contribution in [0, 0.1) is 5.92 Å². The number of halogens is 1. The van der Waals surface area contributed by atoms with Crippen LogP contribution in [0.3, 0.4) is 0 Å². The highest BCUT2D eigenvalue weighted by Gasteiger charge is 2.14. The summed E-state index contributed by atoms with van der Waals surface area (Å²) in [5.74, 6) is -1.10. The SMILES string of the molecule is C[C@@H](CCN(CCCF)CCCCc1ccc2c(n1)CCCC2)C(=O)O. The Kier molecular flexibility index (Phi) is 9.02. The van der Waals surface area contributed by atoms with E-state index in [2.05, 4.69) is 17.0 Å². The third-order valence-electron chi connectivity index (χ3n) is 5.30. The average Bonchev–Trinajstić information content (AvgIpc) is 2.66. The molecule has 0 saturated carbocycles. The lowest BCUT2D eigenvalue weighted by atomic mass is 9.95. The van der Waals surface area contributed by atoms with Gasteiger partial charge in [0, 0.05) is 17.9 Å². The first-order valence-electron chi connectivity index (χ1n) is 10.1. The minimum absolute atomic E-state index is 0.315. The van der Waals surface area contributed by atoms with E-state index in [-0.39, 0.29) is 12.6 Å². The second-order valence-electron chi connectivity index (χ2n) is 7.48. The number of aromatic nitrogens is 1. The van der Waals surface area contributed by atoms with Crippen LogP contribution in [-0.4, -0.2) is 47.3 Å². The molecule has 1 aromatic rings. The number of unbranched alkanes of at least 4 members (excludes halogenated alkanes) is 1. The summed E-state index contributed by atoms with van der Waals surface area (Å²) in [4.78, 5) is 18.0. The molecule has 0 aliphatic heterocycles. The smallest absolute Gasteiger partial charge is 0.306 e. The van der Waals surface area contributed by atoms with Gasteiger partial charge in [0.25, 0.3) is 0 Å². The van der Waals surface area contributed by atoms with Gasteiger partial charge >= 0.3 is 5.97 Å². The lowest BCUT2D eigenvalue weighted by molar-refractivity contribution is -0.141. The average molecular weight is 365 g/mol. The minimum atomic E-state index is -0.756. The van der Waals surface area contributed by atoms with Gasteiger partial charge in [0.1, 0.15) is 0 Å². The fourth-order valence-corrected chi connectivity index (χ4v) is 3.53. The monoisotopic (exact) mass is 364 g/mol. The number of pyridine rings is 1. The lowest BCUT2D eigenvalue weighted by Gasteiger charge is -2.22. The first-order chi connectivity index (χ1) is 12.6. The standard InChI is InChI=1S/C21H33FN2O2/c1-17(21(25)26)12-16-24(15-6-13-22)14-5-4-8-19-11-10-18-7-2-3-9-20(18)23-19/h10-11,17H,2-9,12-16H2,1H3,(H,25,26)/t17-/m0/s1. The molecule has 1 aromatic heterocycles. The number of fused-ring (bicyclic) bond motifs is 1. The van der Waals surface area contributed by atoms with Crippen molar-refractivity contribution in [2.45, 2.75) is 64.7 Å². The molecule has 1 atom stereocenters. The van der Waals surface area contributed by atoms with Crippen molar-refractivity contribution in [1.29, 1.82) is 0 Å². The Morgan fingerprint density at radius 3 is 2.73 bits per heavy atom. The number of aryl methyl sites for hydroxylation is 3. The van der Waals surface area contributed by atoms with Crippen LogP contribution in [0.5, 0.6) is 0 Å². The predicted octanol–water partition coefficient (Wildman–Crippen LogP) is 4.06. The summed E-state index contributed by atoms with van der Waals surface area (Å²) < 4.78 is 12.5. The highest BCUT2D eigenvalue weighted by atomic mass is 19.1. The lowest BCUT2D eigenvalue weighted by Crippen LogP contribution is -2.29. The van der Waals surface area contributed by atoms with E-state index in [0.717, 1.165) is 38.8 Å². The number of carbonyl (C=O) groups is 1. The molecule has 1 heterocycles. The van der Waals surface area contributed by atoms with Gasteiger partial charge in [-0.2, -0.15) is 0 Å². The zero-order valence-electron chi connectivity index (χ0n) is 16.1. The number of alkyl halides is 1. The van der Waals surface area contributed by atoms with Gasteiger partial charge in [-0.05, 0) is 82.5 Å². The Hall–Kier alpha value is -1.49. The van der Waals surface area contributed by atoms with Crippen molar-refractivity contribution in [2.24, 2.45) is 5.92 Å². The fourth-order valence-electron chi connectivity index (χ4n) is 3.53. The van der Waals surface area contributed by atoms with Gasteiger partial charge in [-0.25, -0.2) is 0 Å². The van der Waals surface area contributed by atoms with Gasteiger partial charge in [0.2, 0.25) is 0 Å². The van der Waals surface area contributed by atoms with Gasteiger partial charge in [-0.3, -0.25) is 14.2 Å². The molecular weight excluding hydrogens is 331 g/mol. The van der Waals surface area contributed by atoms with Gasteiger partial charge in [0.05, 0.1) is 12.6 Å². The molecule has 1 aliphatic carbocycles. The topological polar surface area (TPSA) is 53.4 Å². The molecule has 146 valence electrons. The minimum Gasteiger partial charge on any atom is -0.481 e. The first-order valence-corrected chi connectivity index (χ1v) is 10.1. The van der Waals surface area contributed by atoms with E-state index in [0.29, 0.717) is 19.4 Å². The van der Waals surface area contributed by atoms with E-state index in [1.807, 2.05) is 0 Å². The fraction of sp³-hybridized carbons (Fsp3) is 0.714. The van der Waals surface area contributed by atoms with Crippen LogP contribution in [0.2, 0.25) is 0 Å². The zero-order valence-corrected chi connectivity index (χ0v) is 16.1. The quantitative estimate of drug-likeness (QED) is 0.568. The van der Waals surface area contributed by atoms with Crippen molar-refractivity contribution in [2.75, 3.05) is 26.3 Å². The molecular formula is C21H33FN2O2. The largest absolute Gasteiger partial charge is 0.481 e. The van der Waals surface area contributed by atoms with Crippen LogP contribution in [0.4, 0.5) is 4.39 Å². The highest BCUT2D eigenvalue weighted by molar-refractivity contribution is 5.69. The van der Waals surface area contributed by atoms with E-state index in [1.165, 1.54) is 36.2 Å². The Bertz CT molecular complexity index is 565. The second-order valence-corrected chi connectivity index (χ2v) is 7.48. The molecule has 0 radical (unpaired) electrons. The number of hydrogen-bond acceptors (Lipinski definition) is 3. The third kappa shape index (κ3) is 7.02. The molecule has 26 heavy (non-hydrogen) atoms. The van der Waals surface area contributed by atoms with Crippen LogP contribution in [0.25, 0.3) is 0 Å². The summed E-state index contributed by atoms with van der Waals surface area (Å²) in [6, 6.07) is 4.41. The molecule has 0 spiro atoms. The maximum Gasteiger partial charge on any atom is 0.306 e.